The van der Waals surface area contributed by atoms with Crippen LogP contribution in [0.4, 0.5) is 5.13 Å². The third-order valence-electron chi connectivity index (χ3n) is 3.61. The van der Waals surface area contributed by atoms with Crippen molar-refractivity contribution in [3.63, 3.8) is 0 Å². The van der Waals surface area contributed by atoms with Gasteiger partial charge in [-0.2, -0.15) is 12.7 Å². The first-order chi connectivity index (χ1) is 11.8. The summed E-state index contributed by atoms with van der Waals surface area (Å²) < 4.78 is 28.1. The molecule has 0 aromatic carbocycles. The molecule has 2 rings (SSSR count). The van der Waals surface area contributed by atoms with Crippen LogP contribution in [0.15, 0.2) is 5.38 Å². The summed E-state index contributed by atoms with van der Waals surface area (Å²) in [5, 5.41) is 18.2. The Bertz CT molecular complexity index is 655. The van der Waals surface area contributed by atoms with Crippen LogP contribution in [0.5, 0.6) is 0 Å². The lowest BCUT2D eigenvalue weighted by molar-refractivity contribution is -0.143. The van der Waals surface area contributed by atoms with E-state index < -0.39 is 22.1 Å². The topological polar surface area (TPSA) is 163 Å². The molecule has 0 saturated carbocycles. The number of aromatic nitrogens is 1. The summed E-state index contributed by atoms with van der Waals surface area (Å²) in [5.41, 5.74) is 6.39. The largest absolute Gasteiger partial charge is 0.483 e. The summed E-state index contributed by atoms with van der Waals surface area (Å²) in [6.07, 6.45) is 2.01. The van der Waals surface area contributed by atoms with Crippen molar-refractivity contribution < 1.29 is 28.2 Å². The van der Waals surface area contributed by atoms with E-state index in [-0.39, 0.29) is 19.6 Å². The normalized spacial score (nSPS) is 16.0. The number of aliphatic carboxylic acids is 1. The predicted octanol–water partition coefficient (Wildman–Crippen LogP) is -0.0103. The SMILES string of the molecule is Nc1nc(CCCNS(=O)(=O)N2CCC(C(=O)O)CC2)cs1.O=CO. The summed E-state index contributed by atoms with van der Waals surface area (Å²) in [5.74, 6) is -1.30. The molecule has 12 heteroatoms. The lowest BCUT2D eigenvalue weighted by Gasteiger charge is -2.29. The van der Waals surface area contributed by atoms with Gasteiger partial charge in [-0.1, -0.05) is 0 Å². The number of hydrogen-bond donors (Lipinski definition) is 4. The smallest absolute Gasteiger partial charge is 0.306 e. The number of nitrogens with zero attached hydrogens (tertiary/aromatic N) is 2. The van der Waals surface area contributed by atoms with Crippen LogP contribution in [0, 0.1) is 5.92 Å². The maximum Gasteiger partial charge on any atom is 0.306 e. The van der Waals surface area contributed by atoms with Gasteiger partial charge >= 0.3 is 5.97 Å². The van der Waals surface area contributed by atoms with E-state index >= 15 is 0 Å². The highest BCUT2D eigenvalue weighted by Gasteiger charge is 2.30. The van der Waals surface area contributed by atoms with Gasteiger partial charge in [-0.25, -0.2) is 9.71 Å². The van der Waals surface area contributed by atoms with E-state index in [0.29, 0.717) is 37.4 Å². The second-order valence-electron chi connectivity index (χ2n) is 5.30. The molecule has 0 bridgehead atoms. The highest BCUT2D eigenvalue weighted by atomic mass is 32.2. The number of rotatable bonds is 7. The average molecular weight is 394 g/mol. The van der Waals surface area contributed by atoms with Gasteiger partial charge in [-0.3, -0.25) is 9.59 Å². The zero-order chi connectivity index (χ0) is 18.9. The Hall–Kier alpha value is -1.76. The van der Waals surface area contributed by atoms with Crippen LogP contribution in [-0.2, 0) is 26.2 Å². The molecule has 2 heterocycles. The van der Waals surface area contributed by atoms with Crippen molar-refractivity contribution in [3.05, 3.63) is 11.1 Å². The van der Waals surface area contributed by atoms with E-state index in [9.17, 15) is 13.2 Å². The maximum absolute atomic E-state index is 12.1. The Kier molecular flexibility index (Phi) is 8.75. The molecule has 5 N–H and O–H groups in total. The van der Waals surface area contributed by atoms with E-state index in [0.717, 1.165) is 5.69 Å². The lowest BCUT2D eigenvalue weighted by Crippen LogP contribution is -2.46. The number of piperidine rings is 1. The minimum absolute atomic E-state index is 0.245. The standard InChI is InChI=1S/C12H20N4O4S2.CH2O2/c13-12-15-10(8-21-12)2-1-5-14-22(19,20)16-6-3-9(4-7-16)11(17)18;2-1-3/h8-9,14H,1-7H2,(H2,13,15)(H,17,18);1H,(H,2,3). The second kappa shape index (κ2) is 10.3. The van der Waals surface area contributed by atoms with E-state index in [1.807, 2.05) is 5.38 Å². The molecule has 142 valence electrons. The van der Waals surface area contributed by atoms with E-state index in [4.69, 9.17) is 20.7 Å². The number of carboxylic acids is 1. The summed E-state index contributed by atoms with van der Waals surface area (Å²) in [4.78, 5) is 23.3. The first kappa shape index (κ1) is 21.3. The molecule has 1 aromatic rings. The monoisotopic (exact) mass is 394 g/mol. The third kappa shape index (κ3) is 7.34. The number of thiazole rings is 1. The highest BCUT2D eigenvalue weighted by molar-refractivity contribution is 7.87. The Labute approximate surface area is 149 Å². The molecule has 1 saturated heterocycles. The Morgan fingerprint density at radius 3 is 2.56 bits per heavy atom. The summed E-state index contributed by atoms with van der Waals surface area (Å²) in [7, 11) is -3.53. The van der Waals surface area contributed by atoms with Crippen LogP contribution in [0.1, 0.15) is 25.0 Å². The van der Waals surface area contributed by atoms with Crippen LogP contribution >= 0.6 is 11.3 Å². The molecule has 0 atom stereocenters. The van der Waals surface area contributed by atoms with Gasteiger partial charge in [0, 0.05) is 25.0 Å². The Morgan fingerprint density at radius 1 is 1.48 bits per heavy atom. The van der Waals surface area contributed by atoms with Crippen molar-refractivity contribution in [2.45, 2.75) is 25.7 Å². The van der Waals surface area contributed by atoms with Gasteiger partial charge < -0.3 is 15.9 Å². The van der Waals surface area contributed by atoms with Crippen molar-refractivity contribution in [2.24, 2.45) is 5.92 Å². The van der Waals surface area contributed by atoms with Gasteiger partial charge in [-0.15, -0.1) is 11.3 Å². The summed E-state index contributed by atoms with van der Waals surface area (Å²) >= 11 is 1.37. The maximum atomic E-state index is 12.1. The van der Waals surface area contributed by atoms with Crippen molar-refractivity contribution in [1.29, 1.82) is 0 Å². The molecular weight excluding hydrogens is 372 g/mol. The Morgan fingerprint density at radius 2 is 2.08 bits per heavy atom. The summed E-state index contributed by atoms with van der Waals surface area (Å²) in [6, 6.07) is 0. The molecule has 0 spiro atoms. The number of carbonyl (C=O) groups is 2. The van der Waals surface area contributed by atoms with E-state index in [1.165, 1.54) is 15.6 Å². The average Bonchev–Trinajstić information content (AvgIpc) is 2.98. The number of nitrogens with two attached hydrogens (primary N) is 1. The number of anilines is 1. The quantitative estimate of drug-likeness (QED) is 0.370. The fourth-order valence-electron chi connectivity index (χ4n) is 2.34. The van der Waals surface area contributed by atoms with Crippen molar-refractivity contribution in [2.75, 3.05) is 25.4 Å². The van der Waals surface area contributed by atoms with Gasteiger partial charge in [0.25, 0.3) is 16.7 Å². The molecule has 1 aliphatic rings. The highest BCUT2D eigenvalue weighted by Crippen LogP contribution is 2.19. The van der Waals surface area contributed by atoms with Gasteiger partial charge in [0.2, 0.25) is 0 Å². The van der Waals surface area contributed by atoms with Crippen LogP contribution < -0.4 is 10.5 Å². The van der Waals surface area contributed by atoms with Crippen LogP contribution in [-0.4, -0.2) is 60.0 Å². The van der Waals surface area contributed by atoms with Crippen molar-refractivity contribution >= 4 is 39.1 Å². The molecule has 1 fully saturated rings. The Balaban J connectivity index is 0.000000970. The number of hydrogen-bond acceptors (Lipinski definition) is 7. The molecule has 10 nitrogen and oxygen atoms in total. The molecule has 0 aliphatic carbocycles. The minimum Gasteiger partial charge on any atom is -0.483 e. The van der Waals surface area contributed by atoms with Gasteiger partial charge in [0.1, 0.15) is 0 Å². The van der Waals surface area contributed by atoms with Crippen LogP contribution in [0.25, 0.3) is 0 Å². The van der Waals surface area contributed by atoms with E-state index in [2.05, 4.69) is 9.71 Å². The zero-order valence-electron chi connectivity index (χ0n) is 13.5. The minimum atomic E-state index is -3.53. The first-order valence-electron chi connectivity index (χ1n) is 7.55. The van der Waals surface area contributed by atoms with Gasteiger partial charge in [-0.05, 0) is 25.7 Å². The van der Waals surface area contributed by atoms with Crippen LogP contribution in [0.3, 0.4) is 0 Å². The number of nitrogen functional groups attached to an aromatic ring is 1. The zero-order valence-corrected chi connectivity index (χ0v) is 15.1. The van der Waals surface area contributed by atoms with Crippen molar-refractivity contribution in [3.8, 4) is 0 Å². The molecule has 1 aliphatic heterocycles. The molecule has 0 unspecified atom stereocenters. The summed E-state index contributed by atoms with van der Waals surface area (Å²) in [6.45, 7) is 0.558. The molecule has 1 aromatic heterocycles. The van der Waals surface area contributed by atoms with Crippen molar-refractivity contribution in [1.82, 2.24) is 14.0 Å². The molecule has 0 radical (unpaired) electrons. The van der Waals surface area contributed by atoms with Gasteiger partial charge in [0.05, 0.1) is 11.6 Å². The fourth-order valence-corrected chi connectivity index (χ4v) is 4.22. The molecule has 25 heavy (non-hydrogen) atoms. The predicted molar refractivity (Wildman–Crippen MR) is 92.4 cm³/mol. The number of carboxylic acid groups (broad SMARTS) is 2. The fraction of sp³-hybridized carbons (Fsp3) is 0.615. The second-order valence-corrected chi connectivity index (χ2v) is 7.94. The molecular formula is C13H22N4O6S2. The number of nitrogens with one attached hydrogen (secondary N) is 1. The molecule has 0 amide bonds. The van der Waals surface area contributed by atoms with Gasteiger partial charge in [0.15, 0.2) is 5.13 Å². The first-order valence-corrected chi connectivity index (χ1v) is 9.87. The number of aryl methyl sites for hydroxylation is 1. The lowest BCUT2D eigenvalue weighted by atomic mass is 9.99. The third-order valence-corrected chi connectivity index (χ3v) is 5.94. The van der Waals surface area contributed by atoms with Crippen LogP contribution in [0.2, 0.25) is 0 Å². The van der Waals surface area contributed by atoms with E-state index in [1.54, 1.807) is 0 Å².